The first-order valence-electron chi connectivity index (χ1n) is 5.99. The van der Waals surface area contributed by atoms with Gasteiger partial charge in [-0.2, -0.15) is 0 Å². The van der Waals surface area contributed by atoms with Crippen molar-refractivity contribution in [1.29, 1.82) is 0 Å². The summed E-state index contributed by atoms with van der Waals surface area (Å²) in [6.45, 7) is -0.237. The van der Waals surface area contributed by atoms with Crippen molar-refractivity contribution in [2.24, 2.45) is 0 Å². The van der Waals surface area contributed by atoms with Gasteiger partial charge < -0.3 is 4.74 Å². The van der Waals surface area contributed by atoms with Crippen LogP contribution in [0.5, 0.6) is 0 Å². The number of nitro benzene ring substituents is 1. The Kier molecular flexibility index (Phi) is 4.88. The minimum atomic E-state index is -0.562. The fourth-order valence-corrected chi connectivity index (χ4v) is 2.91. The summed E-state index contributed by atoms with van der Waals surface area (Å²) in [7, 11) is 1.23. The molecule has 2 rings (SSSR count). The van der Waals surface area contributed by atoms with Crippen LogP contribution in [0.3, 0.4) is 0 Å². The number of thiocarbonyl (C=S) groups is 1. The molecule has 1 fully saturated rings. The second-order valence-electron chi connectivity index (χ2n) is 4.19. The van der Waals surface area contributed by atoms with Crippen LogP contribution in [0.25, 0.3) is 6.08 Å². The van der Waals surface area contributed by atoms with E-state index in [0.717, 1.165) is 16.7 Å². The number of hydrogen-bond acceptors (Lipinski definition) is 7. The minimum absolute atomic E-state index is 0.0211. The molecular weight excluding hydrogens is 328 g/mol. The first-order chi connectivity index (χ1) is 10.4. The van der Waals surface area contributed by atoms with Crippen molar-refractivity contribution in [3.63, 3.8) is 0 Å². The third kappa shape index (κ3) is 3.49. The second-order valence-corrected chi connectivity index (χ2v) is 5.57. The van der Waals surface area contributed by atoms with E-state index in [9.17, 15) is 19.7 Å². The van der Waals surface area contributed by atoms with Crippen molar-refractivity contribution in [1.82, 2.24) is 4.90 Å². The fraction of sp³-hybridized carbons (Fsp3) is 0.154. The number of rotatable bonds is 4. The molecule has 1 saturated heterocycles. The molecule has 22 heavy (non-hydrogen) atoms. The first-order valence-corrected chi connectivity index (χ1v) is 7.21. The molecule has 1 heterocycles. The third-order valence-corrected chi connectivity index (χ3v) is 4.29. The van der Waals surface area contributed by atoms with E-state index >= 15 is 0 Å². The highest BCUT2D eigenvalue weighted by atomic mass is 32.2. The predicted octanol–water partition coefficient (Wildman–Crippen LogP) is 2.60. The molecule has 0 aliphatic carbocycles. The molecule has 0 unspecified atom stereocenters. The Bertz CT molecular complexity index is 684. The number of nitrogens with zero attached hydrogens (tertiary/aromatic N) is 2. The van der Waals surface area contributed by atoms with Crippen LogP contribution >= 0.6 is 24.0 Å². The molecule has 0 bridgehead atoms. The highest BCUT2D eigenvalue weighted by molar-refractivity contribution is 8.19. The van der Waals surface area contributed by atoms with E-state index in [1.807, 2.05) is 0 Å². The Morgan fingerprint density at radius 3 is 2.64 bits per heavy atom. The summed E-state index contributed by atoms with van der Waals surface area (Å²) in [4.78, 5) is 35.1. The summed E-state index contributed by atoms with van der Waals surface area (Å²) in [5.41, 5.74) is 0.648. The topological polar surface area (TPSA) is 89.8 Å². The van der Waals surface area contributed by atoms with E-state index in [2.05, 4.69) is 4.74 Å². The van der Waals surface area contributed by atoms with Gasteiger partial charge in [0.1, 0.15) is 11.5 Å². The summed E-state index contributed by atoms with van der Waals surface area (Å²) in [5, 5.41) is 10.2. The van der Waals surface area contributed by atoms with E-state index in [0.29, 0.717) is 10.5 Å². The normalized spacial score (nSPS) is 16.2. The zero-order chi connectivity index (χ0) is 16.3. The van der Waals surface area contributed by atoms with Gasteiger partial charge in [-0.25, -0.2) is 0 Å². The predicted molar refractivity (Wildman–Crippen MR) is 85.4 cm³/mol. The van der Waals surface area contributed by atoms with Crippen LogP contribution in [-0.2, 0) is 9.53 Å². The standard InChI is InChI=1S/C13H10N2O5S2/c1-20-11(16)7-14-12(21)10(22-13(14)17)6-8-2-4-9(5-3-8)15(18)19/h2-6H,7H2,1H3. The lowest BCUT2D eigenvalue weighted by atomic mass is 10.2. The summed E-state index contributed by atoms with van der Waals surface area (Å²) in [6.07, 6.45) is 1.64. The molecular formula is C13H10N2O5S2. The van der Waals surface area contributed by atoms with Gasteiger partial charge in [-0.05, 0) is 35.5 Å². The largest absolute Gasteiger partial charge is 0.468 e. The molecule has 0 aromatic heterocycles. The Labute approximate surface area is 135 Å². The van der Waals surface area contributed by atoms with E-state index in [1.165, 1.54) is 19.2 Å². The zero-order valence-corrected chi connectivity index (χ0v) is 13.0. The molecule has 1 aromatic rings. The Morgan fingerprint density at radius 2 is 2.09 bits per heavy atom. The molecule has 0 spiro atoms. The maximum absolute atomic E-state index is 11.8. The van der Waals surface area contributed by atoms with Gasteiger partial charge in [0.15, 0.2) is 0 Å². The lowest BCUT2D eigenvalue weighted by Gasteiger charge is -2.12. The number of ether oxygens (including phenoxy) is 1. The average molecular weight is 338 g/mol. The van der Waals surface area contributed by atoms with E-state index in [4.69, 9.17) is 12.2 Å². The van der Waals surface area contributed by atoms with Gasteiger partial charge in [-0.3, -0.25) is 24.6 Å². The van der Waals surface area contributed by atoms with Crippen molar-refractivity contribution in [2.45, 2.75) is 0 Å². The molecule has 1 aromatic carbocycles. The van der Waals surface area contributed by atoms with E-state index in [-0.39, 0.29) is 22.5 Å². The number of amides is 1. The van der Waals surface area contributed by atoms with Gasteiger partial charge in [-0.15, -0.1) is 0 Å². The van der Waals surface area contributed by atoms with Gasteiger partial charge in [0.25, 0.3) is 10.9 Å². The van der Waals surface area contributed by atoms with E-state index in [1.54, 1.807) is 18.2 Å². The number of methoxy groups -OCH3 is 1. The Morgan fingerprint density at radius 1 is 1.45 bits per heavy atom. The lowest BCUT2D eigenvalue weighted by molar-refractivity contribution is -0.384. The highest BCUT2D eigenvalue weighted by Gasteiger charge is 2.33. The second kappa shape index (κ2) is 6.67. The number of non-ortho nitro benzene ring substituents is 1. The Balaban J connectivity index is 2.19. The van der Waals surface area contributed by atoms with Gasteiger partial charge >= 0.3 is 5.97 Å². The van der Waals surface area contributed by atoms with E-state index < -0.39 is 10.9 Å². The number of carbonyl (C=O) groups is 2. The number of esters is 1. The van der Waals surface area contributed by atoms with Crippen molar-refractivity contribution in [2.75, 3.05) is 13.7 Å². The van der Waals surface area contributed by atoms with Crippen molar-refractivity contribution in [3.8, 4) is 0 Å². The fourth-order valence-electron chi connectivity index (χ4n) is 1.67. The van der Waals surface area contributed by atoms with Crippen molar-refractivity contribution in [3.05, 3.63) is 44.8 Å². The van der Waals surface area contributed by atoms with Gasteiger partial charge in [0.2, 0.25) is 0 Å². The smallest absolute Gasteiger partial charge is 0.325 e. The number of benzene rings is 1. The Hall–Kier alpha value is -2.26. The molecule has 1 aliphatic rings. The summed E-state index contributed by atoms with van der Waals surface area (Å²) in [5.74, 6) is -0.562. The maximum Gasteiger partial charge on any atom is 0.325 e. The SMILES string of the molecule is COC(=O)CN1C(=O)SC(=Cc2ccc([N+](=O)[O-])cc2)C1=S. The zero-order valence-electron chi connectivity index (χ0n) is 11.3. The lowest BCUT2D eigenvalue weighted by Crippen LogP contribution is -2.33. The maximum atomic E-state index is 11.8. The number of thioether (sulfide) groups is 1. The van der Waals surface area contributed by atoms with Crippen LogP contribution in [0.4, 0.5) is 10.5 Å². The average Bonchev–Trinajstić information content (AvgIpc) is 2.75. The van der Waals surface area contributed by atoms with Crippen LogP contribution in [0, 0.1) is 10.1 Å². The van der Waals surface area contributed by atoms with Crippen molar-refractivity contribution < 1.29 is 19.2 Å². The molecule has 1 aliphatic heterocycles. The quantitative estimate of drug-likeness (QED) is 0.274. The molecule has 0 radical (unpaired) electrons. The van der Waals surface area contributed by atoms with Crippen molar-refractivity contribution >= 4 is 51.9 Å². The molecule has 9 heteroatoms. The van der Waals surface area contributed by atoms with Crippen LogP contribution in [0.15, 0.2) is 29.2 Å². The summed E-state index contributed by atoms with van der Waals surface area (Å²) < 4.78 is 4.51. The van der Waals surface area contributed by atoms with Gasteiger partial charge in [-0.1, -0.05) is 12.2 Å². The summed E-state index contributed by atoms with van der Waals surface area (Å²) >= 11 is 6.08. The molecule has 114 valence electrons. The highest BCUT2D eigenvalue weighted by Crippen LogP contribution is 2.33. The molecule has 0 atom stereocenters. The minimum Gasteiger partial charge on any atom is -0.468 e. The molecule has 0 N–H and O–H groups in total. The van der Waals surface area contributed by atoms with Crippen LogP contribution in [-0.4, -0.2) is 39.7 Å². The van der Waals surface area contributed by atoms with Crippen LogP contribution < -0.4 is 0 Å². The number of hydrogen-bond donors (Lipinski definition) is 0. The number of nitro groups is 1. The van der Waals surface area contributed by atoms with Crippen LogP contribution in [0.2, 0.25) is 0 Å². The summed E-state index contributed by atoms with van der Waals surface area (Å²) in [6, 6.07) is 5.84. The monoisotopic (exact) mass is 338 g/mol. The molecule has 0 saturated carbocycles. The van der Waals surface area contributed by atoms with Crippen LogP contribution in [0.1, 0.15) is 5.56 Å². The van der Waals surface area contributed by atoms with Gasteiger partial charge in [0, 0.05) is 12.1 Å². The molecule has 1 amide bonds. The first kappa shape index (κ1) is 16.1. The third-order valence-electron chi connectivity index (χ3n) is 2.79. The number of carbonyl (C=O) groups excluding carboxylic acids is 2. The molecule has 7 nitrogen and oxygen atoms in total. The van der Waals surface area contributed by atoms with Gasteiger partial charge in [0.05, 0.1) is 16.9 Å².